The highest BCUT2D eigenvalue weighted by Crippen LogP contribution is 2.23. The van der Waals surface area contributed by atoms with Gasteiger partial charge in [0.1, 0.15) is 6.07 Å². The van der Waals surface area contributed by atoms with Gasteiger partial charge in [-0.3, -0.25) is 14.2 Å². The number of fused-ring (bicyclic) bond motifs is 1. The number of nitriles is 1. The Morgan fingerprint density at radius 2 is 1.81 bits per heavy atom. The maximum atomic E-state index is 13.3. The van der Waals surface area contributed by atoms with Crippen LogP contribution < -0.4 is 10.9 Å². The number of benzene rings is 3. The second kappa shape index (κ2) is 9.08. The van der Waals surface area contributed by atoms with E-state index in [1.165, 1.54) is 11.8 Å². The number of aryl methyl sites for hydroxylation is 2. The summed E-state index contributed by atoms with van der Waals surface area (Å²) in [6, 6.07) is 21.9. The second-order valence-electron chi connectivity index (χ2n) is 7.31. The Hall–Kier alpha value is -3.89. The van der Waals surface area contributed by atoms with Crippen molar-refractivity contribution in [2.45, 2.75) is 19.0 Å². The molecule has 0 aliphatic rings. The molecular weight excluding hydrogens is 420 g/mol. The highest BCUT2D eigenvalue weighted by Gasteiger charge is 2.16. The van der Waals surface area contributed by atoms with E-state index in [1.807, 2.05) is 44.2 Å². The first-order valence-electron chi connectivity index (χ1n) is 9.99. The van der Waals surface area contributed by atoms with Gasteiger partial charge in [-0.05, 0) is 61.4 Å². The number of anilines is 1. The van der Waals surface area contributed by atoms with Gasteiger partial charge in [0, 0.05) is 0 Å². The van der Waals surface area contributed by atoms with E-state index in [0.717, 1.165) is 11.1 Å². The molecule has 0 saturated heterocycles. The van der Waals surface area contributed by atoms with Crippen LogP contribution in [-0.4, -0.2) is 21.2 Å². The summed E-state index contributed by atoms with van der Waals surface area (Å²) in [5.41, 5.74) is 4.13. The van der Waals surface area contributed by atoms with Crippen molar-refractivity contribution in [3.63, 3.8) is 0 Å². The number of carbonyl (C=O) groups is 1. The molecule has 0 aliphatic carbocycles. The summed E-state index contributed by atoms with van der Waals surface area (Å²) in [4.78, 5) is 30.6. The van der Waals surface area contributed by atoms with Crippen molar-refractivity contribution in [3.8, 4) is 11.8 Å². The predicted molar refractivity (Wildman–Crippen MR) is 127 cm³/mol. The van der Waals surface area contributed by atoms with E-state index in [4.69, 9.17) is 0 Å². The van der Waals surface area contributed by atoms with Gasteiger partial charge in [0.15, 0.2) is 5.16 Å². The van der Waals surface area contributed by atoms with Crippen molar-refractivity contribution in [2.24, 2.45) is 0 Å². The first-order valence-corrected chi connectivity index (χ1v) is 11.0. The molecule has 1 N–H and O–H groups in total. The van der Waals surface area contributed by atoms with Gasteiger partial charge in [0.05, 0.1) is 33.6 Å². The highest BCUT2D eigenvalue weighted by molar-refractivity contribution is 7.99. The molecule has 1 heterocycles. The number of hydrogen-bond acceptors (Lipinski definition) is 5. The fourth-order valence-corrected chi connectivity index (χ4v) is 4.12. The number of para-hydroxylation sites is 2. The standard InChI is InChI=1S/C25H20N4O2S/c1-16-11-12-19(13-17(16)2)29-24(31)20-8-4-6-10-22(20)28-25(29)32-15-23(30)27-21-9-5-3-7-18(21)14-26/h3-13H,15H2,1-2H3,(H,27,30). The summed E-state index contributed by atoms with van der Waals surface area (Å²) in [5, 5.41) is 12.9. The van der Waals surface area contributed by atoms with E-state index in [0.29, 0.717) is 33.0 Å². The molecule has 0 saturated carbocycles. The molecule has 0 atom stereocenters. The molecule has 4 aromatic rings. The van der Waals surface area contributed by atoms with Gasteiger partial charge >= 0.3 is 0 Å². The summed E-state index contributed by atoms with van der Waals surface area (Å²) >= 11 is 1.18. The third-order valence-electron chi connectivity index (χ3n) is 5.15. The van der Waals surface area contributed by atoms with E-state index in [9.17, 15) is 14.9 Å². The molecule has 1 aromatic heterocycles. The van der Waals surface area contributed by atoms with Crippen LogP contribution in [0.2, 0.25) is 0 Å². The quantitative estimate of drug-likeness (QED) is 0.362. The van der Waals surface area contributed by atoms with Crippen LogP contribution in [0.5, 0.6) is 0 Å². The maximum absolute atomic E-state index is 13.3. The summed E-state index contributed by atoms with van der Waals surface area (Å²) in [6.07, 6.45) is 0. The molecule has 32 heavy (non-hydrogen) atoms. The Bertz CT molecular complexity index is 1440. The molecule has 4 rings (SSSR count). The molecular formula is C25H20N4O2S. The van der Waals surface area contributed by atoms with E-state index >= 15 is 0 Å². The fraction of sp³-hybridized carbons (Fsp3) is 0.120. The third-order valence-corrected chi connectivity index (χ3v) is 6.09. The zero-order chi connectivity index (χ0) is 22.7. The molecule has 158 valence electrons. The first-order chi connectivity index (χ1) is 15.5. The van der Waals surface area contributed by atoms with Crippen LogP contribution >= 0.6 is 11.8 Å². The zero-order valence-electron chi connectivity index (χ0n) is 17.6. The summed E-state index contributed by atoms with van der Waals surface area (Å²) in [6.45, 7) is 4.00. The van der Waals surface area contributed by atoms with Gasteiger partial charge in [-0.2, -0.15) is 5.26 Å². The van der Waals surface area contributed by atoms with Crippen molar-refractivity contribution in [2.75, 3.05) is 11.1 Å². The number of nitrogens with one attached hydrogen (secondary N) is 1. The lowest BCUT2D eigenvalue weighted by Crippen LogP contribution is -2.23. The Balaban J connectivity index is 1.70. The molecule has 0 aliphatic heterocycles. The third kappa shape index (κ3) is 4.27. The Morgan fingerprint density at radius 1 is 1.06 bits per heavy atom. The number of hydrogen-bond donors (Lipinski definition) is 1. The summed E-state index contributed by atoms with van der Waals surface area (Å²) in [5.74, 6) is -0.248. The number of nitrogens with zero attached hydrogens (tertiary/aromatic N) is 3. The zero-order valence-corrected chi connectivity index (χ0v) is 18.4. The first kappa shape index (κ1) is 21.3. The van der Waals surface area contributed by atoms with Gasteiger partial charge in [0.2, 0.25) is 5.91 Å². The molecule has 1 amide bonds. The molecule has 0 bridgehead atoms. The summed E-state index contributed by atoms with van der Waals surface area (Å²) < 4.78 is 1.55. The highest BCUT2D eigenvalue weighted by atomic mass is 32.2. The monoisotopic (exact) mass is 440 g/mol. The Kier molecular flexibility index (Phi) is 6.06. The van der Waals surface area contributed by atoms with Crippen LogP contribution in [0.15, 0.2) is 76.7 Å². The second-order valence-corrected chi connectivity index (χ2v) is 8.26. The maximum Gasteiger partial charge on any atom is 0.266 e. The summed E-state index contributed by atoms with van der Waals surface area (Å²) in [7, 11) is 0. The molecule has 6 nitrogen and oxygen atoms in total. The van der Waals surface area contributed by atoms with Crippen LogP contribution in [-0.2, 0) is 4.79 Å². The smallest absolute Gasteiger partial charge is 0.266 e. The van der Waals surface area contributed by atoms with Crippen LogP contribution in [0.1, 0.15) is 16.7 Å². The van der Waals surface area contributed by atoms with Crippen molar-refractivity contribution < 1.29 is 4.79 Å². The van der Waals surface area contributed by atoms with Crippen molar-refractivity contribution in [1.29, 1.82) is 5.26 Å². The van der Waals surface area contributed by atoms with Gasteiger partial charge in [-0.1, -0.05) is 42.1 Å². The van der Waals surface area contributed by atoms with Crippen molar-refractivity contribution in [1.82, 2.24) is 9.55 Å². The number of thioether (sulfide) groups is 1. The number of amides is 1. The van der Waals surface area contributed by atoms with Crippen LogP contribution in [0.3, 0.4) is 0 Å². The minimum atomic E-state index is -0.285. The van der Waals surface area contributed by atoms with Crippen LogP contribution in [0, 0.1) is 25.2 Å². The lowest BCUT2D eigenvalue weighted by atomic mass is 10.1. The van der Waals surface area contributed by atoms with Crippen molar-refractivity contribution in [3.05, 3.63) is 93.8 Å². The largest absolute Gasteiger partial charge is 0.324 e. The number of carbonyl (C=O) groups excluding carboxylic acids is 1. The molecule has 0 radical (unpaired) electrons. The Labute approximate surface area is 189 Å². The van der Waals surface area contributed by atoms with Gasteiger partial charge in [-0.15, -0.1) is 0 Å². The van der Waals surface area contributed by atoms with Crippen LogP contribution in [0.25, 0.3) is 16.6 Å². The predicted octanol–water partition coefficient (Wildman–Crippen LogP) is 4.61. The van der Waals surface area contributed by atoms with E-state index in [1.54, 1.807) is 41.0 Å². The van der Waals surface area contributed by atoms with Crippen molar-refractivity contribution >= 4 is 34.3 Å². The van der Waals surface area contributed by atoms with E-state index in [2.05, 4.69) is 16.4 Å². The normalized spacial score (nSPS) is 10.7. The average molecular weight is 441 g/mol. The van der Waals surface area contributed by atoms with Gasteiger partial charge in [0.25, 0.3) is 5.56 Å². The minimum absolute atomic E-state index is 0.0371. The Morgan fingerprint density at radius 3 is 2.59 bits per heavy atom. The molecule has 0 unspecified atom stereocenters. The number of rotatable bonds is 5. The molecule has 3 aromatic carbocycles. The fourth-order valence-electron chi connectivity index (χ4n) is 3.31. The lowest BCUT2D eigenvalue weighted by molar-refractivity contribution is -0.113. The van der Waals surface area contributed by atoms with Gasteiger partial charge in [-0.25, -0.2) is 4.98 Å². The van der Waals surface area contributed by atoms with E-state index in [-0.39, 0.29) is 17.2 Å². The molecule has 7 heteroatoms. The molecule has 0 spiro atoms. The topological polar surface area (TPSA) is 87.8 Å². The van der Waals surface area contributed by atoms with Gasteiger partial charge < -0.3 is 5.32 Å². The minimum Gasteiger partial charge on any atom is -0.324 e. The lowest BCUT2D eigenvalue weighted by Gasteiger charge is -2.14. The molecule has 0 fully saturated rings. The SMILES string of the molecule is Cc1ccc(-n2c(SCC(=O)Nc3ccccc3C#N)nc3ccccc3c2=O)cc1C. The average Bonchev–Trinajstić information content (AvgIpc) is 2.80. The number of aromatic nitrogens is 2. The van der Waals surface area contributed by atoms with E-state index < -0.39 is 0 Å². The van der Waals surface area contributed by atoms with Crippen LogP contribution in [0.4, 0.5) is 5.69 Å².